The highest BCUT2D eigenvalue weighted by atomic mass is 35.5. The molecule has 0 spiro atoms. The lowest BCUT2D eigenvalue weighted by Crippen LogP contribution is -2.44. The number of piperidine rings is 1. The van der Waals surface area contributed by atoms with Crippen molar-refractivity contribution in [3.8, 4) is 0 Å². The van der Waals surface area contributed by atoms with Crippen molar-refractivity contribution in [3.63, 3.8) is 0 Å². The van der Waals surface area contributed by atoms with E-state index < -0.39 is 21.3 Å². The molecular weight excluding hydrogens is 254 g/mol. The fourth-order valence-corrected chi connectivity index (χ4v) is 3.16. The van der Waals surface area contributed by atoms with Crippen LogP contribution in [0.4, 0.5) is 4.79 Å². The van der Waals surface area contributed by atoms with Crippen molar-refractivity contribution in [1.29, 1.82) is 0 Å². The van der Waals surface area contributed by atoms with Gasteiger partial charge in [-0.05, 0) is 18.8 Å². The molecule has 1 fully saturated rings. The first-order chi connectivity index (χ1) is 7.45. The van der Waals surface area contributed by atoms with Gasteiger partial charge in [0, 0.05) is 19.6 Å². The van der Waals surface area contributed by atoms with Gasteiger partial charge in [-0.25, -0.2) is 17.5 Å². The molecule has 1 saturated heterocycles. The minimum atomic E-state index is -3.34. The maximum atomic E-state index is 11.5. The molecule has 2 amide bonds. The molecule has 1 aliphatic rings. The predicted octanol–water partition coefficient (Wildman–Crippen LogP) is -0.107. The zero-order chi connectivity index (χ0) is 12.2. The Hall–Kier alpha value is -0.530. The summed E-state index contributed by atoms with van der Waals surface area (Å²) in [7, 11) is -3.34. The maximum Gasteiger partial charge on any atom is 0.312 e. The van der Waals surface area contributed by atoms with Gasteiger partial charge in [-0.15, -0.1) is 11.6 Å². The van der Waals surface area contributed by atoms with Crippen molar-refractivity contribution < 1.29 is 13.2 Å². The quantitative estimate of drug-likeness (QED) is 0.698. The second kappa shape index (κ2) is 5.70. The number of nitrogens with one attached hydrogen (secondary N) is 1. The fraction of sp³-hybridized carbons (Fsp3) is 0.875. The fourth-order valence-electron chi connectivity index (χ4n) is 1.76. The van der Waals surface area contributed by atoms with Crippen molar-refractivity contribution in [3.05, 3.63) is 0 Å². The average molecular weight is 270 g/mol. The lowest BCUT2D eigenvalue weighted by molar-refractivity contribution is 0.236. The SMILES string of the molecule is NC(=O)NCC1CCCN(S(=O)(=O)CCl)C1. The Labute approximate surface area is 100 Å². The van der Waals surface area contributed by atoms with Crippen LogP contribution in [0.3, 0.4) is 0 Å². The Kier molecular flexibility index (Phi) is 4.82. The van der Waals surface area contributed by atoms with Crippen LogP contribution in [-0.2, 0) is 10.0 Å². The topological polar surface area (TPSA) is 92.5 Å². The van der Waals surface area contributed by atoms with Gasteiger partial charge in [-0.3, -0.25) is 0 Å². The second-order valence-corrected chi connectivity index (χ2v) is 6.39. The lowest BCUT2D eigenvalue weighted by Gasteiger charge is -2.31. The number of hydrogen-bond donors (Lipinski definition) is 2. The van der Waals surface area contributed by atoms with E-state index in [9.17, 15) is 13.2 Å². The Bertz CT molecular complexity index is 346. The van der Waals surface area contributed by atoms with Gasteiger partial charge in [0.15, 0.2) is 0 Å². The summed E-state index contributed by atoms with van der Waals surface area (Å²) in [6.07, 6.45) is 1.66. The van der Waals surface area contributed by atoms with Crippen molar-refractivity contribution in [2.24, 2.45) is 11.7 Å². The number of halogens is 1. The van der Waals surface area contributed by atoms with E-state index in [-0.39, 0.29) is 5.92 Å². The largest absolute Gasteiger partial charge is 0.352 e. The lowest BCUT2D eigenvalue weighted by atomic mass is 10.00. The Morgan fingerprint density at radius 2 is 2.25 bits per heavy atom. The molecule has 1 heterocycles. The normalized spacial score (nSPS) is 22.9. The van der Waals surface area contributed by atoms with Gasteiger partial charge in [0.1, 0.15) is 5.21 Å². The molecule has 8 heteroatoms. The van der Waals surface area contributed by atoms with E-state index in [0.29, 0.717) is 19.6 Å². The molecule has 1 atom stereocenters. The van der Waals surface area contributed by atoms with Crippen LogP contribution in [0.2, 0.25) is 0 Å². The smallest absolute Gasteiger partial charge is 0.312 e. The molecule has 0 saturated carbocycles. The number of nitrogens with zero attached hydrogens (tertiary/aromatic N) is 1. The highest BCUT2D eigenvalue weighted by Crippen LogP contribution is 2.19. The Morgan fingerprint density at radius 3 is 2.81 bits per heavy atom. The summed E-state index contributed by atoms with van der Waals surface area (Å²) in [6.45, 7) is 1.31. The number of urea groups is 1. The minimum absolute atomic E-state index is 0.110. The summed E-state index contributed by atoms with van der Waals surface area (Å²) in [5.74, 6) is 0.110. The van der Waals surface area contributed by atoms with Crippen LogP contribution in [0, 0.1) is 5.92 Å². The summed E-state index contributed by atoms with van der Waals surface area (Å²) < 4.78 is 24.4. The monoisotopic (exact) mass is 269 g/mol. The van der Waals surface area contributed by atoms with Crippen LogP contribution in [0.5, 0.6) is 0 Å². The summed E-state index contributed by atoms with van der Waals surface area (Å²) in [4.78, 5) is 10.5. The molecule has 94 valence electrons. The molecule has 0 aromatic carbocycles. The third-order valence-corrected chi connectivity index (χ3v) is 4.80. The van der Waals surface area contributed by atoms with Crippen LogP contribution >= 0.6 is 11.6 Å². The third kappa shape index (κ3) is 3.80. The minimum Gasteiger partial charge on any atom is -0.352 e. The summed E-state index contributed by atoms with van der Waals surface area (Å²) in [5, 5.41) is 2.09. The maximum absolute atomic E-state index is 11.5. The molecule has 1 rings (SSSR count). The molecule has 0 aromatic rings. The van der Waals surface area contributed by atoms with Gasteiger partial charge < -0.3 is 11.1 Å². The van der Waals surface area contributed by atoms with Gasteiger partial charge in [0.25, 0.3) is 0 Å². The first-order valence-corrected chi connectivity index (χ1v) is 7.17. The van der Waals surface area contributed by atoms with Crippen molar-refractivity contribution in [2.75, 3.05) is 24.8 Å². The number of rotatable bonds is 4. The van der Waals surface area contributed by atoms with E-state index in [1.54, 1.807) is 0 Å². The molecule has 0 radical (unpaired) electrons. The van der Waals surface area contributed by atoms with E-state index in [1.807, 2.05) is 0 Å². The molecule has 3 N–H and O–H groups in total. The number of alkyl halides is 1. The van der Waals surface area contributed by atoms with Crippen LogP contribution in [0.1, 0.15) is 12.8 Å². The predicted molar refractivity (Wildman–Crippen MR) is 61.5 cm³/mol. The number of hydrogen-bond acceptors (Lipinski definition) is 3. The highest BCUT2D eigenvalue weighted by Gasteiger charge is 2.28. The first-order valence-electron chi connectivity index (χ1n) is 5.03. The molecule has 6 nitrogen and oxygen atoms in total. The number of sulfonamides is 1. The van der Waals surface area contributed by atoms with Crippen LogP contribution < -0.4 is 11.1 Å². The molecule has 0 aromatic heterocycles. The van der Waals surface area contributed by atoms with Gasteiger partial charge in [0.05, 0.1) is 0 Å². The number of carbonyl (C=O) groups is 1. The Morgan fingerprint density at radius 1 is 1.56 bits per heavy atom. The van der Waals surface area contributed by atoms with Gasteiger partial charge in [0.2, 0.25) is 10.0 Å². The van der Waals surface area contributed by atoms with Gasteiger partial charge in [-0.1, -0.05) is 0 Å². The average Bonchev–Trinajstić information content (AvgIpc) is 2.27. The Balaban J connectivity index is 2.50. The molecule has 1 aliphatic heterocycles. The molecule has 1 unspecified atom stereocenters. The van der Waals surface area contributed by atoms with Crippen LogP contribution in [-0.4, -0.2) is 43.6 Å². The first kappa shape index (κ1) is 13.5. The zero-order valence-electron chi connectivity index (χ0n) is 8.86. The summed E-state index contributed by atoms with van der Waals surface area (Å²) in [5.41, 5.74) is 4.95. The molecular formula is C8H16ClN3O3S. The van der Waals surface area contributed by atoms with Crippen molar-refractivity contribution in [1.82, 2.24) is 9.62 Å². The molecule has 0 bridgehead atoms. The van der Waals surface area contributed by atoms with Crippen LogP contribution in [0.15, 0.2) is 0 Å². The van der Waals surface area contributed by atoms with Gasteiger partial charge in [-0.2, -0.15) is 0 Å². The van der Waals surface area contributed by atoms with E-state index in [0.717, 1.165) is 12.8 Å². The van der Waals surface area contributed by atoms with Gasteiger partial charge >= 0.3 is 6.03 Å². The zero-order valence-corrected chi connectivity index (χ0v) is 10.4. The molecule has 16 heavy (non-hydrogen) atoms. The van der Waals surface area contributed by atoms with E-state index in [4.69, 9.17) is 17.3 Å². The standard InChI is InChI=1S/C8H16ClN3O3S/c9-6-16(14,15)12-3-1-2-7(5-12)4-11-8(10)13/h7H,1-6H2,(H3,10,11,13). The summed E-state index contributed by atoms with van der Waals surface area (Å²) >= 11 is 5.38. The highest BCUT2D eigenvalue weighted by molar-refractivity contribution is 7.90. The number of amides is 2. The number of primary amides is 1. The number of carbonyl (C=O) groups excluding carboxylic acids is 1. The van der Waals surface area contributed by atoms with E-state index in [2.05, 4.69) is 5.32 Å². The summed E-state index contributed by atoms with van der Waals surface area (Å²) in [6, 6.07) is -0.586. The third-order valence-electron chi connectivity index (χ3n) is 2.58. The van der Waals surface area contributed by atoms with Crippen molar-refractivity contribution >= 4 is 27.7 Å². The van der Waals surface area contributed by atoms with Crippen LogP contribution in [0.25, 0.3) is 0 Å². The van der Waals surface area contributed by atoms with E-state index in [1.165, 1.54) is 4.31 Å². The molecule has 0 aliphatic carbocycles. The number of nitrogens with two attached hydrogens (primary N) is 1. The van der Waals surface area contributed by atoms with Crippen molar-refractivity contribution in [2.45, 2.75) is 12.8 Å². The second-order valence-electron chi connectivity index (χ2n) is 3.83. The van der Waals surface area contributed by atoms with E-state index >= 15 is 0 Å².